The quantitative estimate of drug-likeness (QED) is 0.451. The summed E-state index contributed by atoms with van der Waals surface area (Å²) in [6.45, 7) is 2.23. The highest BCUT2D eigenvalue weighted by Crippen LogP contribution is 2.35. The highest BCUT2D eigenvalue weighted by molar-refractivity contribution is 5.89. The van der Waals surface area contributed by atoms with Gasteiger partial charge in [0.1, 0.15) is 5.75 Å². The zero-order valence-electron chi connectivity index (χ0n) is 17.4. The molecule has 3 atom stereocenters. The molecule has 152 valence electrons. The third-order valence-corrected chi connectivity index (χ3v) is 5.69. The summed E-state index contributed by atoms with van der Waals surface area (Å²) in [6.07, 6.45) is 2.64. The summed E-state index contributed by atoms with van der Waals surface area (Å²) in [5, 5.41) is 12.9. The first-order valence-electron chi connectivity index (χ1n) is 10.3. The molecule has 4 rings (SSSR count). The molecule has 1 heterocycles. The Labute approximate surface area is 178 Å². The Morgan fingerprint density at radius 3 is 2.13 bits per heavy atom. The number of rotatable bonds is 5. The predicted octanol–water partition coefficient (Wildman–Crippen LogP) is 5.58. The Kier molecular flexibility index (Phi) is 6.35. The maximum atomic E-state index is 5.21. The summed E-state index contributed by atoms with van der Waals surface area (Å²) in [4.78, 5) is 0. The van der Waals surface area contributed by atoms with Crippen molar-refractivity contribution >= 4 is 11.9 Å². The van der Waals surface area contributed by atoms with Crippen LogP contribution in [0.2, 0.25) is 0 Å². The lowest BCUT2D eigenvalue weighted by molar-refractivity contribution is 0.364. The van der Waals surface area contributed by atoms with Crippen LogP contribution >= 0.6 is 0 Å². The molecule has 1 aliphatic heterocycles. The molecular weight excluding hydrogens is 370 g/mol. The number of methoxy groups -OCH3 is 1. The molecule has 0 aromatic heterocycles. The maximum absolute atomic E-state index is 5.21. The van der Waals surface area contributed by atoms with Crippen molar-refractivity contribution in [3.05, 3.63) is 102 Å². The lowest BCUT2D eigenvalue weighted by atomic mass is 9.81. The standard InChI is InChI=1S/C26H27N3O/c1-19-24(29-27-18-20-13-15-23(30-2)16-14-20)17-25(21-9-5-3-6-10-21)28-26(19)22-11-7-4-8-12-22/h3-16,18-19,25-26,28H,17H2,1-2H3/b27-18-,29-24+. The van der Waals surface area contributed by atoms with Gasteiger partial charge in [-0.15, -0.1) is 0 Å². The van der Waals surface area contributed by atoms with Crippen molar-refractivity contribution in [2.45, 2.75) is 25.4 Å². The van der Waals surface area contributed by atoms with E-state index in [1.54, 1.807) is 13.3 Å². The Morgan fingerprint density at radius 1 is 0.867 bits per heavy atom. The van der Waals surface area contributed by atoms with E-state index >= 15 is 0 Å². The van der Waals surface area contributed by atoms with Crippen molar-refractivity contribution in [1.82, 2.24) is 5.32 Å². The molecule has 0 radical (unpaired) electrons. The molecule has 0 amide bonds. The maximum Gasteiger partial charge on any atom is 0.118 e. The lowest BCUT2D eigenvalue weighted by Crippen LogP contribution is -2.41. The van der Waals surface area contributed by atoms with Crippen LogP contribution in [0, 0.1) is 5.92 Å². The number of nitrogens with zero attached hydrogens (tertiary/aromatic N) is 2. The van der Waals surface area contributed by atoms with Crippen molar-refractivity contribution in [1.29, 1.82) is 0 Å². The van der Waals surface area contributed by atoms with Gasteiger partial charge in [0.2, 0.25) is 0 Å². The fraction of sp³-hybridized carbons (Fsp3) is 0.231. The van der Waals surface area contributed by atoms with Crippen LogP contribution in [-0.2, 0) is 0 Å². The van der Waals surface area contributed by atoms with Gasteiger partial charge in [0, 0.05) is 30.1 Å². The molecule has 0 saturated carbocycles. The van der Waals surface area contributed by atoms with E-state index < -0.39 is 0 Å². The molecule has 3 aromatic rings. The molecule has 0 bridgehead atoms. The first-order chi connectivity index (χ1) is 14.7. The molecule has 1 fully saturated rings. The van der Waals surface area contributed by atoms with E-state index in [1.807, 2.05) is 24.3 Å². The van der Waals surface area contributed by atoms with Crippen LogP contribution in [0.1, 0.15) is 42.1 Å². The van der Waals surface area contributed by atoms with Gasteiger partial charge in [-0.1, -0.05) is 67.6 Å². The van der Waals surface area contributed by atoms with Gasteiger partial charge in [-0.2, -0.15) is 10.2 Å². The van der Waals surface area contributed by atoms with Gasteiger partial charge in [-0.3, -0.25) is 0 Å². The largest absolute Gasteiger partial charge is 0.497 e. The summed E-state index contributed by atoms with van der Waals surface area (Å²) in [5.74, 6) is 1.09. The molecule has 30 heavy (non-hydrogen) atoms. The first kappa shape index (κ1) is 20.0. The monoisotopic (exact) mass is 397 g/mol. The first-order valence-corrected chi connectivity index (χ1v) is 10.3. The molecule has 1 aliphatic rings. The molecule has 4 heteroatoms. The van der Waals surface area contributed by atoms with Gasteiger partial charge in [-0.25, -0.2) is 0 Å². The van der Waals surface area contributed by atoms with E-state index in [1.165, 1.54) is 11.1 Å². The minimum absolute atomic E-state index is 0.195. The van der Waals surface area contributed by atoms with Crippen LogP contribution in [0.3, 0.4) is 0 Å². The second kappa shape index (κ2) is 9.51. The summed E-state index contributed by atoms with van der Waals surface area (Å²) in [6, 6.07) is 29.4. The van der Waals surface area contributed by atoms with E-state index in [-0.39, 0.29) is 18.0 Å². The SMILES string of the molecule is COc1ccc(/C=N\N=C2/CC(c3ccccc3)NC(c3ccccc3)C2C)cc1. The second-order valence-electron chi connectivity index (χ2n) is 7.62. The Bertz CT molecular complexity index is 997. The Hall–Kier alpha value is -3.24. The van der Waals surface area contributed by atoms with Crippen LogP contribution in [-0.4, -0.2) is 19.0 Å². The summed E-state index contributed by atoms with van der Waals surface area (Å²) >= 11 is 0. The van der Waals surface area contributed by atoms with Crippen LogP contribution in [0.5, 0.6) is 5.75 Å². The van der Waals surface area contributed by atoms with E-state index in [9.17, 15) is 0 Å². The number of hydrogen-bond acceptors (Lipinski definition) is 4. The third-order valence-electron chi connectivity index (χ3n) is 5.69. The molecule has 0 aliphatic carbocycles. The summed E-state index contributed by atoms with van der Waals surface area (Å²) in [5.41, 5.74) is 4.66. The number of benzene rings is 3. The topological polar surface area (TPSA) is 46.0 Å². The number of piperidine rings is 1. The van der Waals surface area contributed by atoms with Crippen molar-refractivity contribution in [3.63, 3.8) is 0 Å². The normalized spacial score (nSPS) is 23.0. The molecular formula is C26H27N3O. The molecule has 3 aromatic carbocycles. The van der Waals surface area contributed by atoms with Crippen molar-refractivity contribution < 1.29 is 4.74 Å². The highest BCUT2D eigenvalue weighted by atomic mass is 16.5. The van der Waals surface area contributed by atoms with E-state index in [2.05, 4.69) is 83.1 Å². The van der Waals surface area contributed by atoms with Gasteiger partial charge >= 0.3 is 0 Å². The number of ether oxygens (including phenoxy) is 1. The minimum Gasteiger partial charge on any atom is -0.497 e. The fourth-order valence-electron chi connectivity index (χ4n) is 3.94. The predicted molar refractivity (Wildman–Crippen MR) is 123 cm³/mol. The molecule has 0 spiro atoms. The highest BCUT2D eigenvalue weighted by Gasteiger charge is 2.33. The van der Waals surface area contributed by atoms with Gasteiger partial charge in [0.05, 0.1) is 13.3 Å². The summed E-state index contributed by atoms with van der Waals surface area (Å²) < 4.78 is 5.21. The molecule has 3 unspecified atom stereocenters. The molecule has 1 N–H and O–H groups in total. The van der Waals surface area contributed by atoms with Gasteiger partial charge < -0.3 is 10.1 Å². The average Bonchev–Trinajstić information content (AvgIpc) is 2.82. The van der Waals surface area contributed by atoms with E-state index in [0.29, 0.717) is 0 Å². The van der Waals surface area contributed by atoms with Crippen LogP contribution in [0.15, 0.2) is 95.1 Å². The zero-order chi connectivity index (χ0) is 20.8. The molecule has 4 nitrogen and oxygen atoms in total. The van der Waals surface area contributed by atoms with Crippen LogP contribution < -0.4 is 10.1 Å². The van der Waals surface area contributed by atoms with Gasteiger partial charge in [-0.05, 0) is 41.0 Å². The number of nitrogens with one attached hydrogen (secondary N) is 1. The zero-order valence-corrected chi connectivity index (χ0v) is 17.4. The van der Waals surface area contributed by atoms with E-state index in [4.69, 9.17) is 4.74 Å². The van der Waals surface area contributed by atoms with Crippen molar-refractivity contribution in [2.24, 2.45) is 16.1 Å². The Morgan fingerprint density at radius 2 is 1.50 bits per heavy atom. The minimum atomic E-state index is 0.195. The third kappa shape index (κ3) is 4.66. The second-order valence-corrected chi connectivity index (χ2v) is 7.62. The van der Waals surface area contributed by atoms with E-state index in [0.717, 1.165) is 23.4 Å². The van der Waals surface area contributed by atoms with Crippen molar-refractivity contribution in [3.8, 4) is 5.75 Å². The van der Waals surface area contributed by atoms with Gasteiger partial charge in [0.25, 0.3) is 0 Å². The summed E-state index contributed by atoms with van der Waals surface area (Å²) in [7, 11) is 1.67. The van der Waals surface area contributed by atoms with Gasteiger partial charge in [0.15, 0.2) is 0 Å². The van der Waals surface area contributed by atoms with Crippen LogP contribution in [0.4, 0.5) is 0 Å². The fourth-order valence-corrected chi connectivity index (χ4v) is 3.94. The Balaban J connectivity index is 1.60. The van der Waals surface area contributed by atoms with Crippen LogP contribution in [0.25, 0.3) is 0 Å². The molecule has 1 saturated heterocycles. The number of hydrogen-bond donors (Lipinski definition) is 1. The average molecular weight is 398 g/mol. The van der Waals surface area contributed by atoms with Crippen molar-refractivity contribution in [2.75, 3.05) is 7.11 Å². The smallest absolute Gasteiger partial charge is 0.118 e. The lowest BCUT2D eigenvalue weighted by Gasteiger charge is -2.37.